The first kappa shape index (κ1) is 10.3. The van der Waals surface area contributed by atoms with Crippen molar-refractivity contribution >= 4 is 5.69 Å². The molecule has 0 bridgehead atoms. The van der Waals surface area contributed by atoms with E-state index in [4.69, 9.17) is 0 Å². The molecule has 0 saturated heterocycles. The van der Waals surface area contributed by atoms with Crippen molar-refractivity contribution in [2.45, 2.75) is 19.6 Å². The average molecular weight is 207 g/mol. The number of hydroxylamine groups is 2. The van der Waals surface area contributed by atoms with Crippen LogP contribution >= 0.6 is 0 Å². The van der Waals surface area contributed by atoms with Gasteiger partial charge in [0.1, 0.15) is 12.2 Å². The van der Waals surface area contributed by atoms with E-state index in [1.54, 1.807) is 19.1 Å². The zero-order chi connectivity index (χ0) is 11.1. The molecule has 80 valence electrons. The van der Waals surface area contributed by atoms with Gasteiger partial charge in [0.05, 0.1) is 6.42 Å². The predicted octanol–water partition coefficient (Wildman–Crippen LogP) is 2.92. The summed E-state index contributed by atoms with van der Waals surface area (Å²) in [7, 11) is 0. The molecule has 1 aliphatic heterocycles. The minimum Gasteiger partial charge on any atom is -0.625 e. The summed E-state index contributed by atoms with van der Waals surface area (Å²) in [6.45, 7) is 5.57. The van der Waals surface area contributed by atoms with Crippen LogP contribution in [0.1, 0.15) is 12.5 Å². The lowest BCUT2D eigenvalue weighted by Crippen LogP contribution is -2.48. The molecule has 2 unspecified atom stereocenters. The number of fused-ring (bicyclic) bond motifs is 1. The van der Waals surface area contributed by atoms with E-state index in [0.29, 0.717) is 11.3 Å². The number of quaternary nitrogens is 1. The zero-order valence-corrected chi connectivity index (χ0v) is 8.74. The van der Waals surface area contributed by atoms with E-state index < -0.39 is 10.9 Å². The lowest BCUT2D eigenvalue weighted by Gasteiger charge is -2.40. The fourth-order valence-corrected chi connectivity index (χ4v) is 2.12. The van der Waals surface area contributed by atoms with Crippen molar-refractivity contribution in [1.82, 2.24) is 4.65 Å². The van der Waals surface area contributed by atoms with E-state index in [1.165, 1.54) is 0 Å². The Morgan fingerprint density at radius 3 is 2.93 bits per heavy atom. The van der Waals surface area contributed by atoms with Crippen LogP contribution in [0.25, 0.3) is 0 Å². The summed E-state index contributed by atoms with van der Waals surface area (Å²) in [6, 6.07) is 7.14. The first-order valence-corrected chi connectivity index (χ1v) is 5.00. The maximum Gasteiger partial charge on any atom is 0.240 e. The van der Waals surface area contributed by atoms with E-state index in [1.807, 2.05) is 12.1 Å². The Balaban J connectivity index is 2.44. The van der Waals surface area contributed by atoms with Gasteiger partial charge in [-0.1, -0.05) is 24.8 Å². The van der Waals surface area contributed by atoms with Gasteiger partial charge < -0.3 is 5.21 Å². The number of benzene rings is 1. The normalized spacial score (nSPS) is 28.9. The second-order valence-corrected chi connectivity index (χ2v) is 4.18. The van der Waals surface area contributed by atoms with Crippen LogP contribution in [-0.2, 0) is 6.42 Å². The van der Waals surface area contributed by atoms with E-state index in [-0.39, 0.29) is 13.0 Å². The van der Waals surface area contributed by atoms with Crippen molar-refractivity contribution in [2.75, 3.05) is 6.54 Å². The second-order valence-electron chi connectivity index (χ2n) is 4.18. The molecule has 1 aromatic carbocycles. The third kappa shape index (κ3) is 1.58. The summed E-state index contributed by atoms with van der Waals surface area (Å²) in [4.78, 5) is 0. The molecule has 0 amide bonds. The van der Waals surface area contributed by atoms with Crippen molar-refractivity contribution < 1.29 is 4.39 Å². The molecule has 0 saturated carbocycles. The highest BCUT2D eigenvalue weighted by Crippen LogP contribution is 2.39. The number of nitrogens with zero attached hydrogens (tertiary/aromatic N) is 1. The Morgan fingerprint density at radius 1 is 1.60 bits per heavy atom. The van der Waals surface area contributed by atoms with E-state index in [9.17, 15) is 9.60 Å². The highest BCUT2D eigenvalue weighted by Gasteiger charge is 2.40. The maximum atomic E-state index is 13.7. The Morgan fingerprint density at radius 2 is 2.27 bits per heavy atom. The molecule has 0 fully saturated rings. The van der Waals surface area contributed by atoms with Crippen LogP contribution < -0.4 is 4.65 Å². The number of hydrogen-bond donors (Lipinski definition) is 0. The molecule has 0 aliphatic carbocycles. The van der Waals surface area contributed by atoms with Crippen LogP contribution in [0.2, 0.25) is 0 Å². The number of rotatable bonds is 2. The Labute approximate surface area is 88.8 Å². The van der Waals surface area contributed by atoms with E-state index in [2.05, 4.69) is 6.58 Å². The highest BCUT2D eigenvalue weighted by atomic mass is 19.1. The molecule has 1 heterocycles. The lowest BCUT2D eigenvalue weighted by atomic mass is 10.2. The largest absolute Gasteiger partial charge is 0.625 e. The van der Waals surface area contributed by atoms with Crippen molar-refractivity contribution in [3.63, 3.8) is 0 Å². The lowest BCUT2D eigenvalue weighted by molar-refractivity contribution is 0.164. The average Bonchev–Trinajstić information content (AvgIpc) is 2.39. The molecule has 2 nitrogen and oxygen atoms in total. The molecule has 3 heteroatoms. The molecule has 0 N–H and O–H groups in total. The summed E-state index contributed by atoms with van der Waals surface area (Å²) in [6.07, 6.45) is -1.17. The minimum atomic E-state index is -1.39. The Bertz CT molecular complexity index is 404. The van der Waals surface area contributed by atoms with Gasteiger partial charge in [0, 0.05) is 5.56 Å². The molecule has 1 aromatic rings. The van der Waals surface area contributed by atoms with E-state index in [0.717, 1.165) is 5.56 Å². The molecule has 2 atom stereocenters. The molecule has 0 radical (unpaired) electrons. The van der Waals surface area contributed by atoms with Crippen molar-refractivity contribution in [3.8, 4) is 0 Å². The van der Waals surface area contributed by atoms with Crippen molar-refractivity contribution in [1.29, 1.82) is 0 Å². The van der Waals surface area contributed by atoms with Gasteiger partial charge >= 0.3 is 0 Å². The first-order valence-electron chi connectivity index (χ1n) is 5.00. The van der Waals surface area contributed by atoms with E-state index >= 15 is 0 Å². The van der Waals surface area contributed by atoms with Gasteiger partial charge in [-0.3, -0.25) is 4.65 Å². The summed E-state index contributed by atoms with van der Waals surface area (Å²) in [5.74, 6) is 0. The van der Waals surface area contributed by atoms with Gasteiger partial charge in [0.2, 0.25) is 6.30 Å². The summed E-state index contributed by atoms with van der Waals surface area (Å²) >= 11 is 0. The van der Waals surface area contributed by atoms with Gasteiger partial charge in [-0.15, -0.1) is 0 Å². The van der Waals surface area contributed by atoms with Crippen molar-refractivity contribution in [2.24, 2.45) is 0 Å². The van der Waals surface area contributed by atoms with Crippen LogP contribution in [0, 0.1) is 5.21 Å². The monoisotopic (exact) mass is 207 g/mol. The third-order valence-corrected chi connectivity index (χ3v) is 2.75. The molecular weight excluding hydrogens is 193 g/mol. The van der Waals surface area contributed by atoms with Gasteiger partial charge in [0.15, 0.2) is 0 Å². The first-order chi connectivity index (χ1) is 7.04. The number of hydrogen-bond acceptors (Lipinski definition) is 1. The summed E-state index contributed by atoms with van der Waals surface area (Å²) in [5, 5.41) is 12.4. The zero-order valence-electron chi connectivity index (χ0n) is 8.74. The number of alkyl halides is 1. The highest BCUT2D eigenvalue weighted by molar-refractivity contribution is 5.56. The molecule has 0 aromatic heterocycles. The molecule has 15 heavy (non-hydrogen) atoms. The molecule has 2 rings (SSSR count). The topological polar surface area (TPSA) is 23.1 Å². The SMILES string of the molecule is C=C(C)C[N+]1([O-])c2ccccc2CC1F. The molecular formula is C12H14FNO. The minimum absolute atomic E-state index is 0.123. The van der Waals surface area contributed by atoms with Crippen molar-refractivity contribution in [3.05, 3.63) is 47.2 Å². The number of para-hydroxylation sites is 1. The Hall–Kier alpha value is -1.19. The summed E-state index contributed by atoms with van der Waals surface area (Å²) < 4.78 is 12.8. The smallest absolute Gasteiger partial charge is 0.240 e. The van der Waals surface area contributed by atoms with Crippen LogP contribution in [-0.4, -0.2) is 12.8 Å². The fourth-order valence-electron chi connectivity index (χ4n) is 2.12. The van der Waals surface area contributed by atoms with Gasteiger partial charge in [-0.2, -0.15) is 4.39 Å². The van der Waals surface area contributed by atoms with Gasteiger partial charge in [-0.05, 0) is 18.6 Å². The van der Waals surface area contributed by atoms with Crippen LogP contribution in [0.5, 0.6) is 0 Å². The quantitative estimate of drug-likeness (QED) is 0.316. The fraction of sp³-hybridized carbons (Fsp3) is 0.333. The van der Waals surface area contributed by atoms with Gasteiger partial charge in [0.25, 0.3) is 0 Å². The third-order valence-electron chi connectivity index (χ3n) is 2.75. The predicted molar refractivity (Wildman–Crippen MR) is 59.9 cm³/mol. The van der Waals surface area contributed by atoms with Crippen LogP contribution in [0.3, 0.4) is 0 Å². The maximum absolute atomic E-state index is 13.7. The van der Waals surface area contributed by atoms with Crippen LogP contribution in [0.15, 0.2) is 36.4 Å². The Kier molecular flexibility index (Phi) is 2.37. The molecule has 0 spiro atoms. The second kappa shape index (κ2) is 3.43. The standard InChI is InChI=1S/C12H14FNO/c1-9(2)8-14(15)11-6-4-3-5-10(11)7-12(14)13/h3-6,12H,1,7-8H2,2H3. The summed E-state index contributed by atoms with van der Waals surface area (Å²) in [5.41, 5.74) is 2.08. The molecule has 1 aliphatic rings. The number of halogens is 1. The van der Waals surface area contributed by atoms with Gasteiger partial charge in [-0.25, -0.2) is 0 Å². The van der Waals surface area contributed by atoms with Crippen LogP contribution in [0.4, 0.5) is 10.1 Å².